The molecule has 13 aromatic carbocycles. The van der Waals surface area contributed by atoms with Gasteiger partial charge in [0.25, 0.3) is 0 Å². The molecule has 2 aliphatic carbocycles. The van der Waals surface area contributed by atoms with Crippen LogP contribution in [0.2, 0.25) is 0 Å². The molecular formula is C75H50N2. The zero-order valence-corrected chi connectivity index (χ0v) is 42.3. The molecule has 0 bridgehead atoms. The molecule has 0 aromatic heterocycles. The number of fused-ring (bicyclic) bond motifs is 12. The van der Waals surface area contributed by atoms with Crippen LogP contribution < -0.4 is 9.80 Å². The van der Waals surface area contributed by atoms with E-state index in [0.29, 0.717) is 0 Å². The van der Waals surface area contributed by atoms with E-state index in [1.165, 1.54) is 93.9 Å². The Hall–Kier alpha value is -10.0. The Morgan fingerprint density at radius 1 is 0.221 bits per heavy atom. The third-order valence-corrected chi connectivity index (χ3v) is 16.2. The predicted octanol–water partition coefficient (Wildman–Crippen LogP) is 20.3. The van der Waals surface area contributed by atoms with Crippen molar-refractivity contribution in [1.29, 1.82) is 0 Å². The Morgan fingerprint density at radius 2 is 0.662 bits per heavy atom. The molecule has 2 aliphatic rings. The van der Waals surface area contributed by atoms with Crippen molar-refractivity contribution < 1.29 is 0 Å². The van der Waals surface area contributed by atoms with E-state index in [9.17, 15) is 0 Å². The molecule has 0 amide bonds. The van der Waals surface area contributed by atoms with Gasteiger partial charge >= 0.3 is 0 Å². The zero-order chi connectivity index (χ0) is 50.9. The van der Waals surface area contributed by atoms with E-state index >= 15 is 0 Å². The first kappa shape index (κ1) is 44.5. The third kappa shape index (κ3) is 7.10. The van der Waals surface area contributed by atoms with Gasteiger partial charge in [-0.25, -0.2) is 0 Å². The highest BCUT2D eigenvalue weighted by atomic mass is 15.2. The van der Waals surface area contributed by atoms with Crippen molar-refractivity contribution in [1.82, 2.24) is 0 Å². The molecule has 0 saturated heterocycles. The Kier molecular flexibility index (Phi) is 10.5. The van der Waals surface area contributed by atoms with Gasteiger partial charge in [0.2, 0.25) is 0 Å². The number of para-hydroxylation sites is 2. The summed E-state index contributed by atoms with van der Waals surface area (Å²) in [4.78, 5) is 4.96. The van der Waals surface area contributed by atoms with Gasteiger partial charge in [0.1, 0.15) is 0 Å². The van der Waals surface area contributed by atoms with Gasteiger partial charge in [0.05, 0.1) is 16.8 Å². The van der Waals surface area contributed by atoms with Gasteiger partial charge < -0.3 is 9.80 Å². The van der Waals surface area contributed by atoms with Crippen molar-refractivity contribution in [3.63, 3.8) is 0 Å². The topological polar surface area (TPSA) is 6.48 Å². The second kappa shape index (κ2) is 18.1. The van der Waals surface area contributed by atoms with E-state index in [2.05, 4.69) is 313 Å². The fraction of sp³-hybridized carbons (Fsp3) is 0.0133. The molecule has 2 heteroatoms. The summed E-state index contributed by atoms with van der Waals surface area (Å²) >= 11 is 0. The van der Waals surface area contributed by atoms with E-state index in [-0.39, 0.29) is 0 Å². The highest BCUT2D eigenvalue weighted by Crippen LogP contribution is 2.64. The second-order valence-corrected chi connectivity index (χ2v) is 20.3. The maximum Gasteiger partial charge on any atom is 0.0727 e. The number of rotatable bonds is 9. The molecule has 0 radical (unpaired) electrons. The van der Waals surface area contributed by atoms with Crippen LogP contribution in [0.3, 0.4) is 0 Å². The second-order valence-electron chi connectivity index (χ2n) is 20.3. The summed E-state index contributed by atoms with van der Waals surface area (Å²) in [5, 5.41) is 4.87. The van der Waals surface area contributed by atoms with Gasteiger partial charge in [0, 0.05) is 33.9 Å². The standard InChI is InChI=1S/C75H50N2/c1-4-20-51(21-5-1)53-38-41-59(42-39-53)76(72-35-19-16-29-62(72)54-23-6-2-7-24-54)60-43-45-66-64-31-14-17-33-68(64)75(70(66)49-60)69-34-18-15-32-65(69)67-46-44-61(50-71(67)75)77(58-27-8-3-9-28-58)73-47-40-55-25-12-13-30-63(55)74(73)57-37-36-52-22-10-11-26-56(52)48-57/h1-50H. The van der Waals surface area contributed by atoms with E-state index in [1.54, 1.807) is 0 Å². The normalized spacial score (nSPS) is 13.8. The molecule has 0 saturated carbocycles. The van der Waals surface area contributed by atoms with Gasteiger partial charge in [-0.3, -0.25) is 0 Å². The number of anilines is 6. The van der Waals surface area contributed by atoms with E-state index in [0.717, 1.165) is 39.7 Å². The molecule has 360 valence electrons. The minimum atomic E-state index is -0.640. The van der Waals surface area contributed by atoms with Crippen molar-refractivity contribution in [2.24, 2.45) is 0 Å². The lowest BCUT2D eigenvalue weighted by Crippen LogP contribution is -2.26. The van der Waals surface area contributed by atoms with Crippen molar-refractivity contribution >= 4 is 55.7 Å². The molecule has 2 nitrogen and oxygen atoms in total. The van der Waals surface area contributed by atoms with Crippen LogP contribution in [0.5, 0.6) is 0 Å². The van der Waals surface area contributed by atoms with Gasteiger partial charge in [0.15, 0.2) is 0 Å². The van der Waals surface area contributed by atoms with Crippen LogP contribution in [0.4, 0.5) is 34.1 Å². The molecule has 77 heavy (non-hydrogen) atoms. The largest absolute Gasteiger partial charge is 0.310 e. The lowest BCUT2D eigenvalue weighted by Gasteiger charge is -2.34. The van der Waals surface area contributed by atoms with Gasteiger partial charge in [-0.1, -0.05) is 237 Å². The van der Waals surface area contributed by atoms with Crippen LogP contribution >= 0.6 is 0 Å². The van der Waals surface area contributed by atoms with Gasteiger partial charge in [-0.05, 0) is 155 Å². The minimum Gasteiger partial charge on any atom is -0.310 e. The average Bonchev–Trinajstić information content (AvgIpc) is 3.27. The number of nitrogens with zero attached hydrogens (tertiary/aromatic N) is 2. The number of benzene rings is 13. The highest BCUT2D eigenvalue weighted by molar-refractivity contribution is 6.07. The molecule has 0 N–H and O–H groups in total. The minimum absolute atomic E-state index is 0.640. The summed E-state index contributed by atoms with van der Waals surface area (Å²) in [5.74, 6) is 0. The molecule has 1 atom stereocenters. The molecule has 1 spiro atoms. The zero-order valence-electron chi connectivity index (χ0n) is 42.3. The van der Waals surface area contributed by atoms with E-state index in [4.69, 9.17) is 0 Å². The highest BCUT2D eigenvalue weighted by Gasteiger charge is 2.52. The molecule has 15 rings (SSSR count). The quantitative estimate of drug-likeness (QED) is 0.142. The Morgan fingerprint density at radius 3 is 1.32 bits per heavy atom. The summed E-state index contributed by atoms with van der Waals surface area (Å²) in [5.41, 5.74) is 23.2. The fourth-order valence-electron chi connectivity index (χ4n) is 12.9. The van der Waals surface area contributed by atoms with Crippen molar-refractivity contribution in [2.45, 2.75) is 5.41 Å². The van der Waals surface area contributed by atoms with Crippen LogP contribution in [0.15, 0.2) is 303 Å². The molecule has 1 unspecified atom stereocenters. The first-order chi connectivity index (χ1) is 38.2. The molecule has 0 aliphatic heterocycles. The van der Waals surface area contributed by atoms with Crippen molar-refractivity contribution in [3.8, 4) is 55.6 Å². The lowest BCUT2D eigenvalue weighted by molar-refractivity contribution is 0.793. The molecule has 0 heterocycles. The van der Waals surface area contributed by atoms with Gasteiger partial charge in [-0.2, -0.15) is 0 Å². The van der Waals surface area contributed by atoms with Crippen LogP contribution in [0.25, 0.3) is 77.2 Å². The number of hydrogen-bond acceptors (Lipinski definition) is 2. The monoisotopic (exact) mass is 978 g/mol. The fourth-order valence-corrected chi connectivity index (χ4v) is 12.9. The van der Waals surface area contributed by atoms with Crippen molar-refractivity contribution in [2.75, 3.05) is 9.80 Å². The van der Waals surface area contributed by atoms with E-state index < -0.39 is 5.41 Å². The first-order valence-corrected chi connectivity index (χ1v) is 26.7. The summed E-state index contributed by atoms with van der Waals surface area (Å²) < 4.78 is 0. The Balaban J connectivity index is 0.973. The first-order valence-electron chi connectivity index (χ1n) is 26.7. The lowest BCUT2D eigenvalue weighted by atomic mass is 9.70. The summed E-state index contributed by atoms with van der Waals surface area (Å²) in [6.07, 6.45) is 0. The van der Waals surface area contributed by atoms with Crippen LogP contribution in [0.1, 0.15) is 22.3 Å². The van der Waals surface area contributed by atoms with Crippen molar-refractivity contribution in [3.05, 3.63) is 326 Å². The molecular weight excluding hydrogens is 929 g/mol. The maximum absolute atomic E-state index is 2.52. The Bertz CT molecular complexity index is 4380. The smallest absolute Gasteiger partial charge is 0.0727 e. The summed E-state index contributed by atoms with van der Waals surface area (Å²) in [7, 11) is 0. The molecule has 13 aromatic rings. The van der Waals surface area contributed by atoms with E-state index in [1.807, 2.05) is 0 Å². The average molecular weight is 979 g/mol. The number of hydrogen-bond donors (Lipinski definition) is 0. The Labute approximate surface area is 449 Å². The summed E-state index contributed by atoms with van der Waals surface area (Å²) in [6, 6.07) is 112. The third-order valence-electron chi connectivity index (χ3n) is 16.2. The predicted molar refractivity (Wildman–Crippen MR) is 323 cm³/mol. The van der Waals surface area contributed by atoms with Gasteiger partial charge in [-0.15, -0.1) is 0 Å². The summed E-state index contributed by atoms with van der Waals surface area (Å²) in [6.45, 7) is 0. The maximum atomic E-state index is 2.52. The van der Waals surface area contributed by atoms with Crippen LogP contribution in [0, 0.1) is 0 Å². The molecule has 0 fully saturated rings. The van der Waals surface area contributed by atoms with Crippen LogP contribution in [-0.4, -0.2) is 0 Å². The van der Waals surface area contributed by atoms with Crippen LogP contribution in [-0.2, 0) is 5.41 Å². The SMILES string of the molecule is c1ccc(-c2ccc(N(c3ccc4c(c3)C3(c5ccccc5-4)c4ccccc4-c4ccc(N(c5ccccc5)c5ccc6ccccc6c5-c5ccc6ccccc6c5)cc43)c3ccccc3-c3ccccc3)cc2)cc1.